The van der Waals surface area contributed by atoms with Gasteiger partial charge in [-0.25, -0.2) is 0 Å². The quantitative estimate of drug-likeness (QED) is 0.939. The molecule has 0 aliphatic heterocycles. The van der Waals surface area contributed by atoms with Gasteiger partial charge in [0.25, 0.3) is 0 Å². The van der Waals surface area contributed by atoms with Crippen molar-refractivity contribution < 1.29 is 5.11 Å². The van der Waals surface area contributed by atoms with Gasteiger partial charge in [0.15, 0.2) is 0 Å². The monoisotopic (exact) mass is 308 g/mol. The second-order valence-corrected chi connectivity index (χ2v) is 5.25. The van der Waals surface area contributed by atoms with E-state index in [1.54, 1.807) is 6.20 Å². The minimum Gasteiger partial charge on any atom is -0.384 e. The standard InChI is InChI=1S/C14H17BrN2O/c1-3-7-17-9-11(8-16-17)14(18)12-5-4-6-13(15)10(12)2/h4-6,8-9,14,18H,3,7H2,1-2H3. The van der Waals surface area contributed by atoms with Crippen molar-refractivity contribution >= 4 is 15.9 Å². The van der Waals surface area contributed by atoms with Crippen molar-refractivity contribution in [2.45, 2.75) is 32.9 Å². The van der Waals surface area contributed by atoms with Crippen molar-refractivity contribution in [1.29, 1.82) is 0 Å². The Hall–Kier alpha value is -1.13. The van der Waals surface area contributed by atoms with Gasteiger partial charge in [-0.3, -0.25) is 4.68 Å². The van der Waals surface area contributed by atoms with E-state index in [4.69, 9.17) is 0 Å². The van der Waals surface area contributed by atoms with E-state index in [2.05, 4.69) is 28.0 Å². The number of nitrogens with zero attached hydrogens (tertiary/aromatic N) is 2. The number of hydrogen-bond acceptors (Lipinski definition) is 2. The van der Waals surface area contributed by atoms with Crippen molar-refractivity contribution in [3.8, 4) is 0 Å². The molecule has 1 N–H and O–H groups in total. The Morgan fingerprint density at radius 3 is 2.94 bits per heavy atom. The maximum absolute atomic E-state index is 10.4. The van der Waals surface area contributed by atoms with Gasteiger partial charge in [0.05, 0.1) is 6.20 Å². The molecule has 0 saturated heterocycles. The van der Waals surface area contributed by atoms with Crippen LogP contribution in [0.25, 0.3) is 0 Å². The Morgan fingerprint density at radius 2 is 2.22 bits per heavy atom. The third kappa shape index (κ3) is 2.65. The zero-order valence-electron chi connectivity index (χ0n) is 10.6. The molecule has 0 aliphatic carbocycles. The number of benzene rings is 1. The molecule has 96 valence electrons. The molecule has 1 heterocycles. The second-order valence-electron chi connectivity index (χ2n) is 4.39. The third-order valence-electron chi connectivity index (χ3n) is 3.03. The zero-order valence-corrected chi connectivity index (χ0v) is 12.2. The number of halogens is 1. The van der Waals surface area contributed by atoms with Gasteiger partial charge in [0.2, 0.25) is 0 Å². The first-order chi connectivity index (χ1) is 8.63. The normalized spacial score (nSPS) is 12.7. The van der Waals surface area contributed by atoms with Gasteiger partial charge >= 0.3 is 0 Å². The summed E-state index contributed by atoms with van der Waals surface area (Å²) in [5.41, 5.74) is 2.82. The fourth-order valence-electron chi connectivity index (χ4n) is 1.97. The van der Waals surface area contributed by atoms with Gasteiger partial charge in [0, 0.05) is 22.8 Å². The molecule has 2 rings (SSSR count). The van der Waals surface area contributed by atoms with Gasteiger partial charge in [0.1, 0.15) is 6.10 Å². The Balaban J connectivity index is 2.29. The van der Waals surface area contributed by atoms with E-state index < -0.39 is 6.10 Å². The van der Waals surface area contributed by atoms with E-state index in [0.717, 1.165) is 34.1 Å². The van der Waals surface area contributed by atoms with Crippen LogP contribution in [-0.2, 0) is 6.54 Å². The molecule has 0 spiro atoms. The van der Waals surface area contributed by atoms with Gasteiger partial charge < -0.3 is 5.11 Å². The summed E-state index contributed by atoms with van der Waals surface area (Å²) in [7, 11) is 0. The summed E-state index contributed by atoms with van der Waals surface area (Å²) in [6, 6.07) is 5.86. The SMILES string of the molecule is CCCn1cc(C(O)c2cccc(Br)c2C)cn1. The first-order valence-corrected chi connectivity index (χ1v) is 6.88. The van der Waals surface area contributed by atoms with Crippen molar-refractivity contribution in [2.24, 2.45) is 0 Å². The Morgan fingerprint density at radius 1 is 1.44 bits per heavy atom. The number of rotatable bonds is 4. The highest BCUT2D eigenvalue weighted by molar-refractivity contribution is 9.10. The van der Waals surface area contributed by atoms with Crippen LogP contribution >= 0.6 is 15.9 Å². The number of aromatic nitrogens is 2. The average molecular weight is 309 g/mol. The summed E-state index contributed by atoms with van der Waals surface area (Å²) >= 11 is 3.49. The van der Waals surface area contributed by atoms with Crippen LogP contribution in [0.5, 0.6) is 0 Å². The Bertz CT molecular complexity index is 536. The van der Waals surface area contributed by atoms with E-state index in [1.807, 2.05) is 36.0 Å². The Labute approximate surface area is 116 Å². The average Bonchev–Trinajstić information content (AvgIpc) is 2.81. The molecule has 1 aromatic heterocycles. The minimum atomic E-state index is -0.617. The summed E-state index contributed by atoms with van der Waals surface area (Å²) in [5, 5.41) is 14.7. The summed E-state index contributed by atoms with van der Waals surface area (Å²) in [4.78, 5) is 0. The summed E-state index contributed by atoms with van der Waals surface area (Å²) in [6.07, 6.45) is 4.07. The fraction of sp³-hybridized carbons (Fsp3) is 0.357. The van der Waals surface area contributed by atoms with Crippen LogP contribution in [0.2, 0.25) is 0 Å². The van der Waals surface area contributed by atoms with Crippen LogP contribution in [0.15, 0.2) is 35.1 Å². The van der Waals surface area contributed by atoms with Crippen LogP contribution in [0, 0.1) is 6.92 Å². The molecule has 1 unspecified atom stereocenters. The van der Waals surface area contributed by atoms with Crippen molar-refractivity contribution in [3.05, 3.63) is 51.8 Å². The van der Waals surface area contributed by atoms with E-state index in [-0.39, 0.29) is 0 Å². The molecule has 1 aromatic carbocycles. The second kappa shape index (κ2) is 5.67. The van der Waals surface area contributed by atoms with Gasteiger partial charge in [-0.05, 0) is 30.5 Å². The molecule has 0 bridgehead atoms. The topological polar surface area (TPSA) is 38.0 Å². The van der Waals surface area contributed by atoms with Crippen LogP contribution in [0.1, 0.15) is 36.1 Å². The van der Waals surface area contributed by atoms with Crippen molar-refractivity contribution in [3.63, 3.8) is 0 Å². The maximum Gasteiger partial charge on any atom is 0.107 e. The van der Waals surface area contributed by atoms with Crippen LogP contribution < -0.4 is 0 Å². The first-order valence-electron chi connectivity index (χ1n) is 6.09. The van der Waals surface area contributed by atoms with Gasteiger partial charge in [-0.2, -0.15) is 5.10 Å². The molecular formula is C14H17BrN2O. The highest BCUT2D eigenvalue weighted by atomic mass is 79.9. The largest absolute Gasteiger partial charge is 0.384 e. The molecule has 1 atom stereocenters. The summed E-state index contributed by atoms with van der Waals surface area (Å²) < 4.78 is 2.88. The van der Waals surface area contributed by atoms with Crippen molar-refractivity contribution in [1.82, 2.24) is 9.78 Å². The van der Waals surface area contributed by atoms with Crippen LogP contribution in [0.3, 0.4) is 0 Å². The Kier molecular flexibility index (Phi) is 4.19. The van der Waals surface area contributed by atoms with E-state index in [0.29, 0.717) is 0 Å². The molecule has 0 fully saturated rings. The lowest BCUT2D eigenvalue weighted by Crippen LogP contribution is -2.02. The van der Waals surface area contributed by atoms with E-state index in [9.17, 15) is 5.11 Å². The number of aliphatic hydroxyl groups excluding tert-OH is 1. The highest BCUT2D eigenvalue weighted by Gasteiger charge is 2.15. The van der Waals surface area contributed by atoms with Gasteiger partial charge in [-0.1, -0.05) is 35.0 Å². The molecule has 4 heteroatoms. The molecule has 0 radical (unpaired) electrons. The molecule has 18 heavy (non-hydrogen) atoms. The lowest BCUT2D eigenvalue weighted by atomic mass is 10.00. The molecule has 0 aliphatic rings. The molecule has 0 saturated carbocycles. The van der Waals surface area contributed by atoms with E-state index in [1.165, 1.54) is 0 Å². The molecule has 0 amide bonds. The molecular weight excluding hydrogens is 292 g/mol. The number of aryl methyl sites for hydroxylation is 1. The summed E-state index contributed by atoms with van der Waals surface area (Å²) in [6.45, 7) is 4.99. The zero-order chi connectivity index (χ0) is 13.1. The van der Waals surface area contributed by atoms with Gasteiger partial charge in [-0.15, -0.1) is 0 Å². The number of hydrogen-bond donors (Lipinski definition) is 1. The van der Waals surface area contributed by atoms with Crippen LogP contribution in [-0.4, -0.2) is 14.9 Å². The lowest BCUT2D eigenvalue weighted by Gasteiger charge is -2.13. The minimum absolute atomic E-state index is 0.617. The third-order valence-corrected chi connectivity index (χ3v) is 3.88. The van der Waals surface area contributed by atoms with E-state index >= 15 is 0 Å². The summed E-state index contributed by atoms with van der Waals surface area (Å²) in [5.74, 6) is 0. The first kappa shape index (κ1) is 13.3. The molecule has 2 aromatic rings. The van der Waals surface area contributed by atoms with Crippen LogP contribution in [0.4, 0.5) is 0 Å². The fourth-order valence-corrected chi connectivity index (χ4v) is 2.35. The van der Waals surface area contributed by atoms with Crippen molar-refractivity contribution in [2.75, 3.05) is 0 Å². The predicted octanol–water partition coefficient (Wildman–Crippen LogP) is 3.45. The highest BCUT2D eigenvalue weighted by Crippen LogP contribution is 2.28. The molecule has 3 nitrogen and oxygen atoms in total. The number of aliphatic hydroxyl groups is 1. The smallest absolute Gasteiger partial charge is 0.107 e. The maximum atomic E-state index is 10.4. The predicted molar refractivity (Wildman–Crippen MR) is 75.5 cm³/mol. The lowest BCUT2D eigenvalue weighted by molar-refractivity contribution is 0.219.